The highest BCUT2D eigenvalue weighted by Gasteiger charge is 2.30. The van der Waals surface area contributed by atoms with Gasteiger partial charge in [0.15, 0.2) is 0 Å². The number of rotatable bonds is 6. The summed E-state index contributed by atoms with van der Waals surface area (Å²) in [7, 11) is 0. The number of aromatic nitrogens is 1. The molecule has 2 aromatic rings. The number of carbonyl (C=O) groups is 3. The Morgan fingerprint density at radius 3 is 2.58 bits per heavy atom. The van der Waals surface area contributed by atoms with Gasteiger partial charge in [-0.2, -0.15) is 0 Å². The van der Waals surface area contributed by atoms with Crippen LogP contribution in [-0.2, 0) is 14.4 Å². The van der Waals surface area contributed by atoms with Crippen molar-refractivity contribution >= 4 is 35.1 Å². The summed E-state index contributed by atoms with van der Waals surface area (Å²) in [5.74, 6) is -0.234. The number of pyridine rings is 1. The van der Waals surface area contributed by atoms with E-state index < -0.39 is 6.04 Å². The Morgan fingerprint density at radius 1 is 1.19 bits per heavy atom. The maximum atomic E-state index is 13.0. The Balaban J connectivity index is 1.63. The molecule has 2 unspecified atom stereocenters. The highest BCUT2D eigenvalue weighted by molar-refractivity contribution is 6.30. The monoisotopic (exact) mass is 442 g/mol. The molecule has 1 aliphatic rings. The van der Waals surface area contributed by atoms with Crippen LogP contribution < -0.4 is 10.6 Å². The lowest BCUT2D eigenvalue weighted by atomic mass is 9.95. The van der Waals surface area contributed by atoms with Gasteiger partial charge in [-0.3, -0.25) is 14.4 Å². The standard InChI is InChI=1S/C23H27ClN4O3/c1-15-5-10-21(25-13-15)27-23(31)18-4-3-11-28(14-18)22(30)12-20(26-16(2)29)17-6-8-19(24)9-7-17/h5-10,13,18,20H,3-4,11-12,14H2,1-2H3,(H,26,29)(H,25,27,31). The quantitative estimate of drug-likeness (QED) is 0.716. The number of hydrogen-bond donors (Lipinski definition) is 2. The second kappa shape index (κ2) is 10.4. The largest absolute Gasteiger partial charge is 0.349 e. The Bertz CT molecular complexity index is 931. The number of benzene rings is 1. The van der Waals surface area contributed by atoms with Gasteiger partial charge in [0, 0.05) is 31.2 Å². The number of aryl methyl sites for hydroxylation is 1. The summed E-state index contributed by atoms with van der Waals surface area (Å²) in [5, 5.41) is 6.27. The van der Waals surface area contributed by atoms with Crippen molar-refractivity contribution in [1.29, 1.82) is 0 Å². The molecule has 3 rings (SSSR count). The van der Waals surface area contributed by atoms with E-state index in [2.05, 4.69) is 15.6 Å². The lowest BCUT2D eigenvalue weighted by Crippen LogP contribution is -2.45. The second-order valence-electron chi connectivity index (χ2n) is 7.90. The summed E-state index contributed by atoms with van der Waals surface area (Å²) in [5.41, 5.74) is 1.83. The van der Waals surface area contributed by atoms with Gasteiger partial charge in [-0.05, 0) is 49.1 Å². The van der Waals surface area contributed by atoms with Gasteiger partial charge >= 0.3 is 0 Å². The first kappa shape index (κ1) is 22.7. The first-order valence-electron chi connectivity index (χ1n) is 10.4. The molecule has 2 heterocycles. The van der Waals surface area contributed by atoms with E-state index >= 15 is 0 Å². The minimum atomic E-state index is -0.451. The molecule has 1 aromatic carbocycles. The fourth-order valence-corrected chi connectivity index (χ4v) is 3.81. The number of hydrogen-bond acceptors (Lipinski definition) is 4. The maximum Gasteiger partial charge on any atom is 0.230 e. The van der Waals surface area contributed by atoms with Crippen LogP contribution in [-0.4, -0.2) is 40.7 Å². The van der Waals surface area contributed by atoms with E-state index in [-0.39, 0.29) is 30.1 Å². The number of likely N-dealkylation sites (tertiary alicyclic amines) is 1. The summed E-state index contributed by atoms with van der Waals surface area (Å²) in [4.78, 5) is 43.3. The van der Waals surface area contributed by atoms with Gasteiger partial charge in [-0.1, -0.05) is 29.8 Å². The van der Waals surface area contributed by atoms with Crippen LogP contribution in [0.5, 0.6) is 0 Å². The summed E-state index contributed by atoms with van der Waals surface area (Å²) in [6.07, 6.45) is 3.28. The van der Waals surface area contributed by atoms with Gasteiger partial charge in [-0.25, -0.2) is 4.98 Å². The number of piperidine rings is 1. The van der Waals surface area contributed by atoms with Crippen LogP contribution in [0.4, 0.5) is 5.82 Å². The van der Waals surface area contributed by atoms with Crippen LogP contribution in [0.25, 0.3) is 0 Å². The van der Waals surface area contributed by atoms with Crippen molar-refractivity contribution in [2.75, 3.05) is 18.4 Å². The zero-order valence-corrected chi connectivity index (χ0v) is 18.5. The molecule has 2 N–H and O–H groups in total. The Labute approximate surface area is 187 Å². The molecule has 1 fully saturated rings. The maximum absolute atomic E-state index is 13.0. The smallest absolute Gasteiger partial charge is 0.230 e. The molecule has 7 nitrogen and oxygen atoms in total. The molecule has 31 heavy (non-hydrogen) atoms. The van der Waals surface area contributed by atoms with Gasteiger partial charge in [0.1, 0.15) is 5.82 Å². The van der Waals surface area contributed by atoms with Gasteiger partial charge in [0.2, 0.25) is 17.7 Å². The molecule has 0 saturated carbocycles. The lowest BCUT2D eigenvalue weighted by Gasteiger charge is -2.33. The Kier molecular flexibility index (Phi) is 7.63. The van der Waals surface area contributed by atoms with E-state index in [0.717, 1.165) is 17.5 Å². The minimum Gasteiger partial charge on any atom is -0.349 e. The van der Waals surface area contributed by atoms with Crippen molar-refractivity contribution in [1.82, 2.24) is 15.2 Å². The molecule has 164 valence electrons. The lowest BCUT2D eigenvalue weighted by molar-refractivity contribution is -0.135. The van der Waals surface area contributed by atoms with Crippen molar-refractivity contribution < 1.29 is 14.4 Å². The number of nitrogens with zero attached hydrogens (tertiary/aromatic N) is 2. The predicted octanol–water partition coefficient (Wildman–Crippen LogP) is 3.49. The molecule has 0 spiro atoms. The molecule has 8 heteroatoms. The average molecular weight is 443 g/mol. The number of nitrogens with one attached hydrogen (secondary N) is 2. The molecular formula is C23H27ClN4O3. The van der Waals surface area contributed by atoms with E-state index in [9.17, 15) is 14.4 Å². The normalized spacial score (nSPS) is 17.0. The summed E-state index contributed by atoms with van der Waals surface area (Å²) < 4.78 is 0. The molecule has 1 saturated heterocycles. The summed E-state index contributed by atoms with van der Waals surface area (Å²) in [6.45, 7) is 4.30. The van der Waals surface area contributed by atoms with E-state index in [0.29, 0.717) is 30.4 Å². The highest BCUT2D eigenvalue weighted by atomic mass is 35.5. The van der Waals surface area contributed by atoms with Crippen molar-refractivity contribution in [2.45, 2.75) is 39.2 Å². The molecule has 0 radical (unpaired) electrons. The molecule has 0 bridgehead atoms. The third-order valence-electron chi connectivity index (χ3n) is 5.34. The Hall–Kier alpha value is -2.93. The van der Waals surface area contributed by atoms with Crippen LogP contribution in [0.1, 0.15) is 43.4 Å². The van der Waals surface area contributed by atoms with E-state index in [1.165, 1.54) is 6.92 Å². The van der Waals surface area contributed by atoms with Crippen LogP contribution in [0, 0.1) is 12.8 Å². The fourth-order valence-electron chi connectivity index (χ4n) is 3.68. The molecule has 3 amide bonds. The predicted molar refractivity (Wildman–Crippen MR) is 120 cm³/mol. The number of halogens is 1. The third kappa shape index (κ3) is 6.52. The first-order valence-corrected chi connectivity index (χ1v) is 10.7. The van der Waals surface area contributed by atoms with Crippen molar-refractivity contribution in [3.63, 3.8) is 0 Å². The molecule has 0 aliphatic carbocycles. The molecule has 1 aromatic heterocycles. The van der Waals surface area contributed by atoms with Gasteiger partial charge in [-0.15, -0.1) is 0 Å². The zero-order chi connectivity index (χ0) is 22.4. The minimum absolute atomic E-state index is 0.0975. The van der Waals surface area contributed by atoms with Crippen molar-refractivity contribution in [3.05, 3.63) is 58.7 Å². The number of amides is 3. The van der Waals surface area contributed by atoms with Crippen LogP contribution >= 0.6 is 11.6 Å². The van der Waals surface area contributed by atoms with E-state index in [1.807, 2.05) is 13.0 Å². The van der Waals surface area contributed by atoms with Crippen molar-refractivity contribution in [3.8, 4) is 0 Å². The third-order valence-corrected chi connectivity index (χ3v) is 5.59. The number of anilines is 1. The van der Waals surface area contributed by atoms with Gasteiger partial charge in [0.25, 0.3) is 0 Å². The second-order valence-corrected chi connectivity index (χ2v) is 8.33. The van der Waals surface area contributed by atoms with Crippen LogP contribution in [0.15, 0.2) is 42.6 Å². The van der Waals surface area contributed by atoms with Crippen LogP contribution in [0.3, 0.4) is 0 Å². The van der Waals surface area contributed by atoms with Crippen LogP contribution in [0.2, 0.25) is 5.02 Å². The number of carbonyl (C=O) groups excluding carboxylic acids is 3. The molecular weight excluding hydrogens is 416 g/mol. The molecule has 2 atom stereocenters. The van der Waals surface area contributed by atoms with E-state index in [1.54, 1.807) is 41.4 Å². The average Bonchev–Trinajstić information content (AvgIpc) is 2.75. The topological polar surface area (TPSA) is 91.4 Å². The fraction of sp³-hybridized carbons (Fsp3) is 0.391. The zero-order valence-electron chi connectivity index (χ0n) is 17.7. The summed E-state index contributed by atoms with van der Waals surface area (Å²) in [6, 6.07) is 10.3. The highest BCUT2D eigenvalue weighted by Crippen LogP contribution is 2.24. The van der Waals surface area contributed by atoms with Gasteiger partial charge in [0.05, 0.1) is 18.4 Å². The van der Waals surface area contributed by atoms with Crippen molar-refractivity contribution in [2.24, 2.45) is 5.92 Å². The first-order chi connectivity index (χ1) is 14.8. The SMILES string of the molecule is CC(=O)NC(CC(=O)N1CCCC(C(=O)Nc2ccc(C)cn2)C1)c1ccc(Cl)cc1. The molecule has 1 aliphatic heterocycles. The summed E-state index contributed by atoms with van der Waals surface area (Å²) >= 11 is 5.96. The Morgan fingerprint density at radius 2 is 1.94 bits per heavy atom. The van der Waals surface area contributed by atoms with Gasteiger partial charge < -0.3 is 15.5 Å². The van der Waals surface area contributed by atoms with E-state index in [4.69, 9.17) is 11.6 Å².